The molecule has 0 aliphatic carbocycles. The van der Waals surface area contributed by atoms with E-state index in [0.717, 1.165) is 18.7 Å². The summed E-state index contributed by atoms with van der Waals surface area (Å²) in [5, 5.41) is 5.77. The van der Waals surface area contributed by atoms with Crippen LogP contribution in [0.3, 0.4) is 0 Å². The van der Waals surface area contributed by atoms with Crippen LogP contribution in [0, 0.1) is 5.82 Å². The van der Waals surface area contributed by atoms with Crippen molar-refractivity contribution in [3.05, 3.63) is 59.9 Å². The molecule has 0 aliphatic rings. The summed E-state index contributed by atoms with van der Waals surface area (Å²) in [6, 6.07) is 14.0. The number of carbonyl (C=O) groups is 1. The third-order valence-corrected chi connectivity index (χ3v) is 3.40. The van der Waals surface area contributed by atoms with Crippen molar-refractivity contribution in [2.45, 2.75) is 12.8 Å². The number of para-hydroxylation sites is 1. The predicted octanol–water partition coefficient (Wildman–Crippen LogP) is 3.00. The van der Waals surface area contributed by atoms with Crippen LogP contribution in [0.25, 0.3) is 0 Å². The van der Waals surface area contributed by atoms with E-state index in [1.807, 2.05) is 24.3 Å². The number of amides is 1. The van der Waals surface area contributed by atoms with E-state index in [0.29, 0.717) is 13.0 Å². The van der Waals surface area contributed by atoms with Crippen LogP contribution in [0.5, 0.6) is 5.75 Å². The highest BCUT2D eigenvalue weighted by molar-refractivity contribution is 5.90. The van der Waals surface area contributed by atoms with Gasteiger partial charge in [-0.2, -0.15) is 0 Å². The van der Waals surface area contributed by atoms with Crippen LogP contribution in [0.4, 0.5) is 10.1 Å². The fourth-order valence-corrected chi connectivity index (χ4v) is 2.16. The van der Waals surface area contributed by atoms with Crippen molar-refractivity contribution < 1.29 is 13.9 Å². The molecule has 0 radical (unpaired) electrons. The Kier molecular flexibility index (Phi) is 6.56. The number of rotatable bonds is 8. The molecule has 0 saturated heterocycles. The molecule has 122 valence electrons. The van der Waals surface area contributed by atoms with E-state index in [1.54, 1.807) is 25.3 Å². The molecule has 0 fully saturated rings. The van der Waals surface area contributed by atoms with Crippen LogP contribution in [0.15, 0.2) is 48.5 Å². The molecule has 2 N–H and O–H groups in total. The minimum absolute atomic E-state index is 0.205. The highest BCUT2D eigenvalue weighted by Crippen LogP contribution is 2.13. The van der Waals surface area contributed by atoms with Crippen molar-refractivity contribution in [1.29, 1.82) is 0 Å². The molecule has 0 atom stereocenters. The van der Waals surface area contributed by atoms with Gasteiger partial charge in [-0.3, -0.25) is 4.79 Å². The summed E-state index contributed by atoms with van der Waals surface area (Å²) >= 11 is 0. The van der Waals surface area contributed by atoms with E-state index in [4.69, 9.17) is 4.74 Å². The average molecular weight is 316 g/mol. The van der Waals surface area contributed by atoms with Crippen LogP contribution < -0.4 is 15.4 Å². The maximum Gasteiger partial charge on any atom is 0.225 e. The van der Waals surface area contributed by atoms with Gasteiger partial charge in [0.05, 0.1) is 12.8 Å². The third kappa shape index (κ3) is 5.71. The molecule has 0 spiro atoms. The van der Waals surface area contributed by atoms with Crippen LogP contribution >= 0.6 is 0 Å². The zero-order chi connectivity index (χ0) is 16.5. The van der Waals surface area contributed by atoms with Crippen molar-refractivity contribution in [2.75, 3.05) is 25.5 Å². The summed E-state index contributed by atoms with van der Waals surface area (Å²) in [6.45, 7) is 1.31. The highest BCUT2D eigenvalue weighted by Gasteiger charge is 2.05. The Labute approximate surface area is 135 Å². The fourth-order valence-electron chi connectivity index (χ4n) is 2.16. The quantitative estimate of drug-likeness (QED) is 0.736. The second-order valence-electron chi connectivity index (χ2n) is 5.13. The van der Waals surface area contributed by atoms with Crippen molar-refractivity contribution in [1.82, 2.24) is 5.32 Å². The largest absolute Gasteiger partial charge is 0.497 e. The second-order valence-corrected chi connectivity index (χ2v) is 5.13. The van der Waals surface area contributed by atoms with Crippen LogP contribution in [0.2, 0.25) is 0 Å². The first-order valence-electron chi connectivity index (χ1n) is 7.57. The van der Waals surface area contributed by atoms with Gasteiger partial charge in [0.25, 0.3) is 0 Å². The Morgan fingerprint density at radius 3 is 2.74 bits per heavy atom. The standard InChI is InChI=1S/C18H21FN2O2/c1-23-15-6-4-5-14(13-15)9-11-20-12-10-18(22)21-17-8-3-2-7-16(17)19/h2-8,13,20H,9-12H2,1H3,(H,21,22). The summed E-state index contributed by atoms with van der Waals surface area (Å²) in [4.78, 5) is 11.7. The molecule has 1 amide bonds. The lowest BCUT2D eigenvalue weighted by Crippen LogP contribution is -2.23. The third-order valence-electron chi connectivity index (χ3n) is 3.40. The molecule has 0 aromatic heterocycles. The molecule has 2 aromatic carbocycles. The first-order chi connectivity index (χ1) is 11.2. The molecule has 2 aromatic rings. The predicted molar refractivity (Wildman–Crippen MR) is 89.2 cm³/mol. The molecule has 0 heterocycles. The van der Waals surface area contributed by atoms with Gasteiger partial charge >= 0.3 is 0 Å². The lowest BCUT2D eigenvalue weighted by molar-refractivity contribution is -0.116. The van der Waals surface area contributed by atoms with E-state index in [-0.39, 0.29) is 11.6 Å². The number of ether oxygens (including phenoxy) is 1. The molecule has 0 bridgehead atoms. The Balaban J connectivity index is 1.65. The van der Waals surface area contributed by atoms with Gasteiger partial charge < -0.3 is 15.4 Å². The first kappa shape index (κ1) is 17.0. The Hall–Kier alpha value is -2.40. The van der Waals surface area contributed by atoms with Crippen molar-refractivity contribution in [3.63, 3.8) is 0 Å². The zero-order valence-corrected chi connectivity index (χ0v) is 13.1. The van der Waals surface area contributed by atoms with E-state index < -0.39 is 5.82 Å². The molecule has 23 heavy (non-hydrogen) atoms. The van der Waals surface area contributed by atoms with Gasteiger partial charge in [-0.05, 0) is 42.8 Å². The minimum atomic E-state index is -0.424. The minimum Gasteiger partial charge on any atom is -0.497 e. The van der Waals surface area contributed by atoms with Gasteiger partial charge in [-0.1, -0.05) is 24.3 Å². The summed E-state index contributed by atoms with van der Waals surface area (Å²) in [7, 11) is 1.64. The number of methoxy groups -OCH3 is 1. The van der Waals surface area contributed by atoms with Crippen molar-refractivity contribution >= 4 is 11.6 Å². The van der Waals surface area contributed by atoms with E-state index in [9.17, 15) is 9.18 Å². The van der Waals surface area contributed by atoms with E-state index in [1.165, 1.54) is 11.6 Å². The van der Waals surface area contributed by atoms with Crippen LogP contribution in [0.1, 0.15) is 12.0 Å². The fraction of sp³-hybridized carbons (Fsp3) is 0.278. The summed E-state index contributed by atoms with van der Waals surface area (Å²) in [5.74, 6) is 0.211. The topological polar surface area (TPSA) is 50.4 Å². The Morgan fingerprint density at radius 1 is 1.13 bits per heavy atom. The van der Waals surface area contributed by atoms with Gasteiger partial charge in [-0.25, -0.2) is 4.39 Å². The molecule has 4 nitrogen and oxygen atoms in total. The normalized spacial score (nSPS) is 10.3. The van der Waals surface area contributed by atoms with Crippen LogP contribution in [-0.4, -0.2) is 26.1 Å². The van der Waals surface area contributed by atoms with E-state index in [2.05, 4.69) is 10.6 Å². The zero-order valence-electron chi connectivity index (χ0n) is 13.1. The molecule has 5 heteroatoms. The SMILES string of the molecule is COc1cccc(CCNCCC(=O)Nc2ccccc2F)c1. The maximum absolute atomic E-state index is 13.4. The van der Waals surface area contributed by atoms with Crippen molar-refractivity contribution in [3.8, 4) is 5.75 Å². The van der Waals surface area contributed by atoms with Crippen LogP contribution in [-0.2, 0) is 11.2 Å². The molecule has 0 unspecified atom stereocenters. The molecular formula is C18H21FN2O2. The first-order valence-corrected chi connectivity index (χ1v) is 7.57. The summed E-state index contributed by atoms with van der Waals surface area (Å²) < 4.78 is 18.6. The number of halogens is 1. The number of nitrogens with one attached hydrogen (secondary N) is 2. The number of hydrogen-bond donors (Lipinski definition) is 2. The van der Waals surface area contributed by atoms with E-state index >= 15 is 0 Å². The summed E-state index contributed by atoms with van der Waals surface area (Å²) in [5.41, 5.74) is 1.39. The lowest BCUT2D eigenvalue weighted by Gasteiger charge is -2.08. The van der Waals surface area contributed by atoms with Crippen molar-refractivity contribution in [2.24, 2.45) is 0 Å². The van der Waals surface area contributed by atoms with Gasteiger partial charge in [0.15, 0.2) is 0 Å². The number of carbonyl (C=O) groups excluding carboxylic acids is 1. The second kappa shape index (κ2) is 8.90. The maximum atomic E-state index is 13.4. The number of anilines is 1. The lowest BCUT2D eigenvalue weighted by atomic mass is 10.1. The molecule has 0 aliphatic heterocycles. The molecular weight excluding hydrogens is 295 g/mol. The highest BCUT2D eigenvalue weighted by atomic mass is 19.1. The monoisotopic (exact) mass is 316 g/mol. The van der Waals surface area contributed by atoms with Gasteiger partial charge in [-0.15, -0.1) is 0 Å². The Morgan fingerprint density at radius 2 is 1.96 bits per heavy atom. The number of hydrogen-bond acceptors (Lipinski definition) is 3. The smallest absolute Gasteiger partial charge is 0.225 e. The average Bonchev–Trinajstić information content (AvgIpc) is 2.57. The van der Waals surface area contributed by atoms with Gasteiger partial charge in [0, 0.05) is 13.0 Å². The van der Waals surface area contributed by atoms with Gasteiger partial charge in [0.2, 0.25) is 5.91 Å². The molecule has 0 saturated carbocycles. The molecule has 2 rings (SSSR count). The number of benzene rings is 2. The Bertz CT molecular complexity index is 646. The van der Waals surface area contributed by atoms with Gasteiger partial charge in [0.1, 0.15) is 11.6 Å². The summed E-state index contributed by atoms with van der Waals surface area (Å²) in [6.07, 6.45) is 1.15.